The molecule has 106 valence electrons. The molecule has 1 amide bonds. The molecule has 1 aromatic rings. The summed E-state index contributed by atoms with van der Waals surface area (Å²) in [5.74, 6) is -0.156. The van der Waals surface area contributed by atoms with E-state index in [4.69, 9.17) is 5.73 Å². The lowest BCUT2D eigenvalue weighted by Gasteiger charge is -2.14. The lowest BCUT2D eigenvalue weighted by atomic mass is 10.1. The lowest BCUT2D eigenvalue weighted by Crippen LogP contribution is -2.30. The Morgan fingerprint density at radius 3 is 2.89 bits per heavy atom. The number of hydrogen-bond donors (Lipinski definition) is 4. The van der Waals surface area contributed by atoms with Gasteiger partial charge in [0.15, 0.2) is 0 Å². The average Bonchev–Trinajstić information content (AvgIpc) is 2.76. The molecule has 1 aliphatic heterocycles. The first-order valence-electron chi connectivity index (χ1n) is 6.15. The van der Waals surface area contributed by atoms with Gasteiger partial charge in [0.25, 0.3) is 0 Å². The van der Waals surface area contributed by atoms with Crippen molar-refractivity contribution in [1.82, 2.24) is 10.6 Å². The first-order chi connectivity index (χ1) is 8.66. The van der Waals surface area contributed by atoms with Crippen LogP contribution in [-0.2, 0) is 6.54 Å². The average molecular weight is 286 g/mol. The summed E-state index contributed by atoms with van der Waals surface area (Å²) in [7, 11) is 0. The van der Waals surface area contributed by atoms with Crippen LogP contribution in [0, 0.1) is 5.92 Å². The summed E-state index contributed by atoms with van der Waals surface area (Å²) in [6.45, 7) is 2.94. The zero-order valence-corrected chi connectivity index (χ0v) is 11.5. The molecule has 2 unspecified atom stereocenters. The fourth-order valence-electron chi connectivity index (χ4n) is 2.16. The number of carbonyl (C=O) groups excluding carboxylic acids is 1. The molecule has 6 heteroatoms. The second kappa shape index (κ2) is 7.45. The molecule has 0 aliphatic carbocycles. The van der Waals surface area contributed by atoms with Crippen molar-refractivity contribution in [3.8, 4) is 0 Å². The Balaban J connectivity index is 0.00000180. The van der Waals surface area contributed by atoms with E-state index in [9.17, 15) is 9.90 Å². The van der Waals surface area contributed by atoms with Crippen LogP contribution < -0.4 is 16.4 Å². The third-order valence-electron chi connectivity index (χ3n) is 3.25. The maximum Gasteiger partial charge on any atom is 0.248 e. The van der Waals surface area contributed by atoms with Crippen LogP contribution in [-0.4, -0.2) is 36.8 Å². The highest BCUT2D eigenvalue weighted by Crippen LogP contribution is 2.08. The highest BCUT2D eigenvalue weighted by molar-refractivity contribution is 5.92. The molecule has 19 heavy (non-hydrogen) atoms. The zero-order chi connectivity index (χ0) is 13.0. The van der Waals surface area contributed by atoms with Gasteiger partial charge in [0.2, 0.25) is 5.91 Å². The molecule has 5 nitrogen and oxygen atoms in total. The van der Waals surface area contributed by atoms with E-state index in [1.54, 1.807) is 12.1 Å². The first kappa shape index (κ1) is 15.9. The van der Waals surface area contributed by atoms with Gasteiger partial charge >= 0.3 is 0 Å². The maximum atomic E-state index is 11.0. The Kier molecular flexibility index (Phi) is 6.24. The fourth-order valence-corrected chi connectivity index (χ4v) is 2.16. The monoisotopic (exact) mass is 285 g/mol. The van der Waals surface area contributed by atoms with E-state index in [-0.39, 0.29) is 24.4 Å². The van der Waals surface area contributed by atoms with Crippen molar-refractivity contribution in [3.05, 3.63) is 35.4 Å². The molecule has 0 aromatic heterocycles. The minimum absolute atomic E-state index is 0. The van der Waals surface area contributed by atoms with Gasteiger partial charge in [-0.1, -0.05) is 12.1 Å². The van der Waals surface area contributed by atoms with Gasteiger partial charge in [-0.3, -0.25) is 4.79 Å². The molecule has 1 heterocycles. The molecule has 0 spiro atoms. The van der Waals surface area contributed by atoms with Crippen molar-refractivity contribution in [2.24, 2.45) is 11.7 Å². The molecule has 2 atom stereocenters. The number of β-amino-alcohol motifs (C(OH)–C–C–N with tert-alkyl or cyclic N) is 1. The molecule has 1 fully saturated rings. The van der Waals surface area contributed by atoms with Crippen LogP contribution in [0.1, 0.15) is 15.9 Å². The summed E-state index contributed by atoms with van der Waals surface area (Å²) in [4.78, 5) is 11.0. The highest BCUT2D eigenvalue weighted by Gasteiger charge is 2.23. The largest absolute Gasteiger partial charge is 0.391 e. The Labute approximate surface area is 119 Å². The van der Waals surface area contributed by atoms with Gasteiger partial charge in [-0.05, 0) is 17.7 Å². The van der Waals surface area contributed by atoms with Crippen LogP contribution in [0.4, 0.5) is 0 Å². The number of halogens is 1. The van der Waals surface area contributed by atoms with Crippen LogP contribution in [0.15, 0.2) is 24.3 Å². The van der Waals surface area contributed by atoms with Crippen molar-refractivity contribution in [1.29, 1.82) is 0 Å². The second-order valence-corrected chi connectivity index (χ2v) is 4.68. The van der Waals surface area contributed by atoms with E-state index in [0.29, 0.717) is 18.7 Å². The summed E-state index contributed by atoms with van der Waals surface area (Å²) in [6.07, 6.45) is -0.269. The van der Waals surface area contributed by atoms with Crippen molar-refractivity contribution in [3.63, 3.8) is 0 Å². The highest BCUT2D eigenvalue weighted by atomic mass is 35.5. The molecule has 0 saturated carbocycles. The molecule has 0 radical (unpaired) electrons. The summed E-state index contributed by atoms with van der Waals surface area (Å²) in [5, 5.41) is 16.1. The Morgan fingerprint density at radius 2 is 2.26 bits per heavy atom. The van der Waals surface area contributed by atoms with Crippen molar-refractivity contribution < 1.29 is 9.90 Å². The molecule has 1 aromatic carbocycles. The second-order valence-electron chi connectivity index (χ2n) is 4.68. The number of rotatable bonds is 5. The van der Waals surface area contributed by atoms with Crippen LogP contribution in [0.5, 0.6) is 0 Å². The number of benzene rings is 1. The van der Waals surface area contributed by atoms with Crippen LogP contribution in [0.3, 0.4) is 0 Å². The third-order valence-corrected chi connectivity index (χ3v) is 3.25. The predicted octanol–water partition coefficient (Wildman–Crippen LogP) is -0.123. The van der Waals surface area contributed by atoms with Crippen LogP contribution in [0.25, 0.3) is 0 Å². The standard InChI is InChI=1S/C13H19N3O2.ClH/c14-13(18)10-3-1-2-9(4-10)5-15-6-11-7-16-8-12(11)17;/h1-4,11-12,15-17H,5-8H2,(H2,14,18);1H. The van der Waals surface area contributed by atoms with Crippen LogP contribution >= 0.6 is 12.4 Å². The number of amides is 1. The van der Waals surface area contributed by atoms with Crippen LogP contribution in [0.2, 0.25) is 0 Å². The molecule has 2 rings (SSSR count). The molecule has 1 aliphatic rings. The molecule has 5 N–H and O–H groups in total. The minimum Gasteiger partial charge on any atom is -0.391 e. The van der Waals surface area contributed by atoms with Crippen molar-refractivity contribution >= 4 is 18.3 Å². The number of nitrogens with one attached hydrogen (secondary N) is 2. The Bertz CT molecular complexity index is 428. The van der Waals surface area contributed by atoms with Gasteiger partial charge < -0.3 is 21.5 Å². The normalized spacial score (nSPS) is 21.9. The van der Waals surface area contributed by atoms with Gasteiger partial charge in [0.1, 0.15) is 0 Å². The number of primary amides is 1. The summed E-state index contributed by atoms with van der Waals surface area (Å²) in [5.41, 5.74) is 6.77. The van der Waals surface area contributed by atoms with E-state index in [1.165, 1.54) is 0 Å². The maximum absolute atomic E-state index is 11.0. The Hall–Kier alpha value is -1.14. The van der Waals surface area contributed by atoms with Crippen molar-refractivity contribution in [2.75, 3.05) is 19.6 Å². The number of nitrogens with two attached hydrogens (primary N) is 1. The molecule has 1 saturated heterocycles. The van der Waals surface area contributed by atoms with E-state index < -0.39 is 5.91 Å². The lowest BCUT2D eigenvalue weighted by molar-refractivity contribution is 0.1000. The van der Waals surface area contributed by atoms with E-state index in [2.05, 4.69) is 10.6 Å². The van der Waals surface area contributed by atoms with Gasteiger partial charge in [-0.2, -0.15) is 0 Å². The van der Waals surface area contributed by atoms with Gasteiger partial charge in [-0.25, -0.2) is 0 Å². The van der Waals surface area contributed by atoms with Gasteiger partial charge in [-0.15, -0.1) is 12.4 Å². The predicted molar refractivity (Wildman–Crippen MR) is 76.3 cm³/mol. The smallest absolute Gasteiger partial charge is 0.248 e. The SMILES string of the molecule is Cl.NC(=O)c1cccc(CNCC2CNCC2O)c1. The summed E-state index contributed by atoms with van der Waals surface area (Å²) < 4.78 is 0. The quantitative estimate of drug-likeness (QED) is 0.607. The molecular weight excluding hydrogens is 266 g/mol. The topological polar surface area (TPSA) is 87.4 Å². The number of aliphatic hydroxyl groups excluding tert-OH is 1. The van der Waals surface area contributed by atoms with E-state index in [0.717, 1.165) is 18.7 Å². The first-order valence-corrected chi connectivity index (χ1v) is 6.15. The van der Waals surface area contributed by atoms with Crippen molar-refractivity contribution in [2.45, 2.75) is 12.6 Å². The number of hydrogen-bond acceptors (Lipinski definition) is 4. The van der Waals surface area contributed by atoms with Gasteiger partial charge in [0, 0.05) is 37.7 Å². The fraction of sp³-hybridized carbons (Fsp3) is 0.462. The summed E-state index contributed by atoms with van der Waals surface area (Å²) >= 11 is 0. The summed E-state index contributed by atoms with van der Waals surface area (Å²) in [6, 6.07) is 7.26. The van der Waals surface area contributed by atoms with Gasteiger partial charge in [0.05, 0.1) is 6.10 Å². The van der Waals surface area contributed by atoms with E-state index >= 15 is 0 Å². The minimum atomic E-state index is -0.410. The van der Waals surface area contributed by atoms with E-state index in [1.807, 2.05) is 12.1 Å². The Morgan fingerprint density at radius 1 is 1.47 bits per heavy atom. The number of carbonyl (C=O) groups is 1. The molecule has 0 bridgehead atoms. The zero-order valence-electron chi connectivity index (χ0n) is 10.6. The number of aliphatic hydroxyl groups is 1. The third kappa shape index (κ3) is 4.47. The molecular formula is C13H20ClN3O2.